The van der Waals surface area contributed by atoms with Crippen LogP contribution in [0.5, 0.6) is 5.75 Å². The van der Waals surface area contributed by atoms with Crippen LogP contribution in [0.15, 0.2) is 18.2 Å². The van der Waals surface area contributed by atoms with Gasteiger partial charge in [0.25, 0.3) is 0 Å². The molecular weight excluding hydrogens is 265 g/mol. The van der Waals surface area contributed by atoms with Gasteiger partial charge in [-0.25, -0.2) is 4.39 Å². The Balaban J connectivity index is 3.15. The van der Waals surface area contributed by atoms with Gasteiger partial charge in [0.2, 0.25) is 3.79 Å². The van der Waals surface area contributed by atoms with E-state index >= 15 is 0 Å². The lowest BCUT2D eigenvalue weighted by molar-refractivity contribution is 0.176. The summed E-state index contributed by atoms with van der Waals surface area (Å²) in [4.78, 5) is 0. The SMILES string of the molecule is COc1cccc(C(O)C(Cl)(Cl)Cl)c1F. The Labute approximate surface area is 102 Å². The van der Waals surface area contributed by atoms with Crippen LogP contribution < -0.4 is 4.74 Å². The van der Waals surface area contributed by atoms with Crippen LogP contribution in [0.2, 0.25) is 0 Å². The Morgan fingerprint density at radius 2 is 2.00 bits per heavy atom. The second-order valence-corrected chi connectivity index (χ2v) is 5.18. The fourth-order valence-electron chi connectivity index (χ4n) is 1.07. The van der Waals surface area contributed by atoms with E-state index in [9.17, 15) is 9.50 Å². The van der Waals surface area contributed by atoms with Gasteiger partial charge >= 0.3 is 0 Å². The molecule has 84 valence electrons. The first kappa shape index (κ1) is 12.8. The highest BCUT2D eigenvalue weighted by Gasteiger charge is 2.34. The molecule has 0 aliphatic rings. The first-order chi connectivity index (χ1) is 6.88. The molecular formula is C9H8Cl3FO2. The number of alkyl halides is 3. The fraction of sp³-hybridized carbons (Fsp3) is 0.333. The van der Waals surface area contributed by atoms with Gasteiger partial charge in [0.15, 0.2) is 11.6 Å². The molecule has 0 heterocycles. The Morgan fingerprint density at radius 3 is 2.47 bits per heavy atom. The maximum absolute atomic E-state index is 13.6. The predicted octanol–water partition coefficient (Wildman–Crippen LogP) is 3.24. The minimum atomic E-state index is -1.98. The highest BCUT2D eigenvalue weighted by molar-refractivity contribution is 6.68. The van der Waals surface area contributed by atoms with Gasteiger partial charge in [-0.2, -0.15) is 0 Å². The van der Waals surface area contributed by atoms with E-state index in [-0.39, 0.29) is 11.3 Å². The smallest absolute Gasteiger partial charge is 0.220 e. The van der Waals surface area contributed by atoms with Crippen LogP contribution in [0.3, 0.4) is 0 Å². The second kappa shape index (κ2) is 4.74. The molecule has 6 heteroatoms. The van der Waals surface area contributed by atoms with Gasteiger partial charge in [-0.05, 0) is 6.07 Å². The molecule has 0 aromatic heterocycles. The third kappa shape index (κ3) is 2.88. The average molecular weight is 274 g/mol. The van der Waals surface area contributed by atoms with Crippen molar-refractivity contribution >= 4 is 34.8 Å². The predicted molar refractivity (Wildman–Crippen MR) is 58.2 cm³/mol. The van der Waals surface area contributed by atoms with Gasteiger partial charge in [-0.15, -0.1) is 0 Å². The zero-order valence-corrected chi connectivity index (χ0v) is 9.94. The summed E-state index contributed by atoms with van der Waals surface area (Å²) in [7, 11) is 1.31. The standard InChI is InChI=1S/C9H8Cl3FO2/c1-15-6-4-2-3-5(7(6)13)8(14)9(10,11)12/h2-4,8,14H,1H3. The van der Waals surface area contributed by atoms with Crippen LogP contribution in [0.25, 0.3) is 0 Å². The van der Waals surface area contributed by atoms with Crippen LogP contribution in [-0.4, -0.2) is 16.0 Å². The summed E-state index contributed by atoms with van der Waals surface area (Å²) in [6.07, 6.45) is -1.54. The van der Waals surface area contributed by atoms with Crippen molar-refractivity contribution in [3.8, 4) is 5.75 Å². The molecule has 1 unspecified atom stereocenters. The molecule has 1 aromatic rings. The summed E-state index contributed by atoms with van der Waals surface area (Å²) in [6, 6.07) is 4.23. The van der Waals surface area contributed by atoms with Gasteiger partial charge in [0, 0.05) is 5.56 Å². The van der Waals surface area contributed by atoms with E-state index in [0.717, 1.165) is 0 Å². The van der Waals surface area contributed by atoms with Crippen molar-refractivity contribution in [2.45, 2.75) is 9.90 Å². The molecule has 0 saturated carbocycles. The number of methoxy groups -OCH3 is 1. The van der Waals surface area contributed by atoms with E-state index in [0.29, 0.717) is 0 Å². The van der Waals surface area contributed by atoms with Crippen molar-refractivity contribution in [1.29, 1.82) is 0 Å². The summed E-state index contributed by atoms with van der Waals surface area (Å²) in [5.74, 6) is -0.750. The van der Waals surface area contributed by atoms with Crippen LogP contribution in [0, 0.1) is 5.82 Å². The summed E-state index contributed by atoms with van der Waals surface area (Å²) in [5.41, 5.74) is -0.116. The van der Waals surface area contributed by atoms with E-state index in [4.69, 9.17) is 39.5 Å². The molecule has 0 saturated heterocycles. The molecule has 1 atom stereocenters. The van der Waals surface area contributed by atoms with E-state index in [2.05, 4.69) is 0 Å². The molecule has 0 aliphatic heterocycles. The Hall–Kier alpha value is -0.220. The third-order valence-electron chi connectivity index (χ3n) is 1.82. The number of hydrogen-bond acceptors (Lipinski definition) is 2. The van der Waals surface area contributed by atoms with E-state index in [1.807, 2.05) is 0 Å². The van der Waals surface area contributed by atoms with Crippen LogP contribution in [0.1, 0.15) is 11.7 Å². The number of halogens is 4. The number of aliphatic hydroxyl groups is 1. The topological polar surface area (TPSA) is 29.5 Å². The normalized spacial score (nSPS) is 13.7. The molecule has 0 aliphatic carbocycles. The van der Waals surface area contributed by atoms with Crippen molar-refractivity contribution in [1.82, 2.24) is 0 Å². The molecule has 1 rings (SSSR count). The highest BCUT2D eigenvalue weighted by atomic mass is 35.6. The molecule has 2 nitrogen and oxygen atoms in total. The zero-order valence-electron chi connectivity index (χ0n) is 7.68. The van der Waals surface area contributed by atoms with Crippen LogP contribution >= 0.6 is 34.8 Å². The lowest BCUT2D eigenvalue weighted by atomic mass is 10.1. The van der Waals surface area contributed by atoms with Crippen molar-refractivity contribution in [3.05, 3.63) is 29.6 Å². The quantitative estimate of drug-likeness (QED) is 0.838. The van der Waals surface area contributed by atoms with Crippen molar-refractivity contribution in [2.24, 2.45) is 0 Å². The fourth-order valence-corrected chi connectivity index (χ4v) is 1.43. The summed E-state index contributed by atoms with van der Waals surface area (Å²) >= 11 is 16.4. The van der Waals surface area contributed by atoms with Gasteiger partial charge in [0.05, 0.1) is 7.11 Å². The second-order valence-electron chi connectivity index (χ2n) is 2.81. The number of ether oxygens (including phenoxy) is 1. The molecule has 0 amide bonds. The molecule has 1 N–H and O–H groups in total. The van der Waals surface area contributed by atoms with Gasteiger partial charge < -0.3 is 9.84 Å². The minimum absolute atomic E-state index is 0.0131. The van der Waals surface area contributed by atoms with Crippen LogP contribution in [-0.2, 0) is 0 Å². The number of aliphatic hydroxyl groups excluding tert-OH is 1. The first-order valence-electron chi connectivity index (χ1n) is 3.95. The first-order valence-corrected chi connectivity index (χ1v) is 5.08. The molecule has 0 bridgehead atoms. The lowest BCUT2D eigenvalue weighted by Gasteiger charge is -2.20. The highest BCUT2D eigenvalue weighted by Crippen LogP contribution is 2.41. The number of rotatable bonds is 2. The van der Waals surface area contributed by atoms with Crippen molar-refractivity contribution < 1.29 is 14.2 Å². The van der Waals surface area contributed by atoms with Gasteiger partial charge in [-0.1, -0.05) is 46.9 Å². The van der Waals surface area contributed by atoms with Gasteiger partial charge in [0.1, 0.15) is 6.10 Å². The minimum Gasteiger partial charge on any atom is -0.494 e. The molecule has 0 spiro atoms. The van der Waals surface area contributed by atoms with E-state index in [1.54, 1.807) is 0 Å². The average Bonchev–Trinajstić information content (AvgIpc) is 2.16. The van der Waals surface area contributed by atoms with Crippen molar-refractivity contribution in [2.75, 3.05) is 7.11 Å². The Morgan fingerprint density at radius 1 is 1.40 bits per heavy atom. The maximum Gasteiger partial charge on any atom is 0.220 e. The zero-order chi connectivity index (χ0) is 11.6. The monoisotopic (exact) mass is 272 g/mol. The summed E-state index contributed by atoms with van der Waals surface area (Å²) in [5, 5.41) is 9.57. The van der Waals surface area contributed by atoms with Gasteiger partial charge in [-0.3, -0.25) is 0 Å². The third-order valence-corrected chi connectivity index (χ3v) is 2.44. The summed E-state index contributed by atoms with van der Waals surface area (Å²) < 4.78 is 16.3. The van der Waals surface area contributed by atoms with Crippen molar-refractivity contribution in [3.63, 3.8) is 0 Å². The maximum atomic E-state index is 13.6. The Bertz CT molecular complexity index is 352. The molecule has 15 heavy (non-hydrogen) atoms. The van der Waals surface area contributed by atoms with Crippen LogP contribution in [0.4, 0.5) is 4.39 Å². The summed E-state index contributed by atoms with van der Waals surface area (Å²) in [6.45, 7) is 0. The molecule has 0 radical (unpaired) electrons. The lowest BCUT2D eigenvalue weighted by Crippen LogP contribution is -2.17. The molecule has 1 aromatic carbocycles. The van der Waals surface area contributed by atoms with E-state index in [1.165, 1.54) is 25.3 Å². The number of hydrogen-bond donors (Lipinski definition) is 1. The largest absolute Gasteiger partial charge is 0.494 e. The number of benzene rings is 1. The van der Waals surface area contributed by atoms with E-state index < -0.39 is 15.7 Å². The Kier molecular flexibility index (Phi) is 4.06. The molecule has 0 fully saturated rings.